The second kappa shape index (κ2) is 5.04. The molecule has 0 saturated carbocycles. The summed E-state index contributed by atoms with van der Waals surface area (Å²) in [6, 6.07) is 0.189. The second-order valence-electron chi connectivity index (χ2n) is 3.73. The maximum absolute atomic E-state index is 11.5. The fourth-order valence-electron chi connectivity index (χ4n) is 1.57. The first kappa shape index (κ1) is 11.9. The Morgan fingerprint density at radius 1 is 1.33 bits per heavy atom. The molecule has 0 aliphatic carbocycles. The lowest BCUT2D eigenvalue weighted by Crippen LogP contribution is -2.42. The summed E-state index contributed by atoms with van der Waals surface area (Å²) in [7, 11) is 0. The van der Waals surface area contributed by atoms with Gasteiger partial charge in [-0.2, -0.15) is 0 Å². The van der Waals surface area contributed by atoms with Gasteiger partial charge in [0.25, 0.3) is 0 Å². The summed E-state index contributed by atoms with van der Waals surface area (Å²) in [6.45, 7) is 4.74. The Bertz CT molecular complexity index is 280. The Morgan fingerprint density at radius 3 is 2.33 bits per heavy atom. The predicted octanol–water partition coefficient (Wildman–Crippen LogP) is -0.980. The molecule has 1 heterocycles. The Kier molecular flexibility index (Phi) is 3.99. The van der Waals surface area contributed by atoms with Crippen molar-refractivity contribution in [3.63, 3.8) is 0 Å². The van der Waals surface area contributed by atoms with Gasteiger partial charge >= 0.3 is 0 Å². The number of likely N-dealkylation sites (tertiary alicyclic amines) is 1. The highest BCUT2D eigenvalue weighted by Gasteiger charge is 2.24. The second-order valence-corrected chi connectivity index (χ2v) is 3.73. The molecule has 4 N–H and O–H groups in total. The average molecular weight is 211 g/mol. The Labute approximate surface area is 89.1 Å². The van der Waals surface area contributed by atoms with Gasteiger partial charge in [-0.05, 0) is 12.8 Å². The number of hydrogen-bond acceptors (Lipinski definition) is 5. The lowest BCUT2D eigenvalue weighted by Gasteiger charge is -2.32. The first-order valence-corrected chi connectivity index (χ1v) is 5.03. The highest BCUT2D eigenvalue weighted by atomic mass is 16.2. The zero-order valence-electron chi connectivity index (χ0n) is 8.74. The van der Waals surface area contributed by atoms with Crippen LogP contribution in [0.5, 0.6) is 0 Å². The molecule has 1 fully saturated rings. The van der Waals surface area contributed by atoms with Crippen molar-refractivity contribution in [1.29, 1.82) is 0 Å². The zero-order valence-corrected chi connectivity index (χ0v) is 8.74. The fraction of sp³-hybridized carbons (Fsp3) is 0.600. The van der Waals surface area contributed by atoms with Crippen LogP contribution in [0.4, 0.5) is 0 Å². The SMILES string of the molecule is C=C(C(=O)C(=O)CN)N1CCC(N)CC1. The van der Waals surface area contributed by atoms with E-state index in [4.69, 9.17) is 11.5 Å². The van der Waals surface area contributed by atoms with E-state index in [-0.39, 0.29) is 18.3 Å². The largest absolute Gasteiger partial charge is 0.369 e. The summed E-state index contributed by atoms with van der Waals surface area (Å²) in [6.07, 6.45) is 1.65. The van der Waals surface area contributed by atoms with Crippen molar-refractivity contribution in [3.8, 4) is 0 Å². The van der Waals surface area contributed by atoms with E-state index in [2.05, 4.69) is 6.58 Å². The smallest absolute Gasteiger partial charge is 0.245 e. The van der Waals surface area contributed by atoms with Crippen molar-refractivity contribution in [2.45, 2.75) is 18.9 Å². The van der Waals surface area contributed by atoms with Gasteiger partial charge in [-0.3, -0.25) is 9.59 Å². The number of carbonyl (C=O) groups excluding carboxylic acids is 2. The van der Waals surface area contributed by atoms with E-state index in [0.29, 0.717) is 13.1 Å². The van der Waals surface area contributed by atoms with E-state index in [1.165, 1.54) is 0 Å². The van der Waals surface area contributed by atoms with Crippen LogP contribution in [-0.2, 0) is 9.59 Å². The number of ketones is 2. The first-order chi connectivity index (χ1) is 7.06. The standard InChI is InChI=1S/C10H17N3O2/c1-7(10(15)9(14)6-11)13-4-2-8(12)3-5-13/h8H,1-6,11-12H2. The van der Waals surface area contributed by atoms with Gasteiger partial charge in [-0.25, -0.2) is 0 Å². The molecule has 0 radical (unpaired) electrons. The van der Waals surface area contributed by atoms with Crippen LogP contribution >= 0.6 is 0 Å². The molecule has 84 valence electrons. The van der Waals surface area contributed by atoms with Crippen molar-refractivity contribution in [3.05, 3.63) is 12.3 Å². The van der Waals surface area contributed by atoms with E-state index >= 15 is 0 Å². The van der Waals surface area contributed by atoms with Crippen molar-refractivity contribution in [2.24, 2.45) is 11.5 Å². The summed E-state index contributed by atoms with van der Waals surface area (Å²) < 4.78 is 0. The molecule has 0 aromatic carbocycles. The first-order valence-electron chi connectivity index (χ1n) is 5.03. The molecule has 5 nitrogen and oxygen atoms in total. The minimum atomic E-state index is -0.588. The quantitative estimate of drug-likeness (QED) is 0.461. The van der Waals surface area contributed by atoms with Crippen molar-refractivity contribution < 1.29 is 9.59 Å². The molecule has 0 bridgehead atoms. The molecule has 0 spiro atoms. The lowest BCUT2D eigenvalue weighted by atomic mass is 10.0. The van der Waals surface area contributed by atoms with Crippen LogP contribution < -0.4 is 11.5 Å². The van der Waals surface area contributed by atoms with Gasteiger partial charge in [-0.1, -0.05) is 6.58 Å². The van der Waals surface area contributed by atoms with Gasteiger partial charge in [0.1, 0.15) is 0 Å². The molecule has 1 aliphatic rings. The third-order valence-electron chi connectivity index (χ3n) is 2.62. The molecule has 1 rings (SSSR count). The molecule has 1 aliphatic heterocycles. The molecular formula is C10H17N3O2. The summed E-state index contributed by atoms with van der Waals surface area (Å²) in [5.41, 5.74) is 11.1. The van der Waals surface area contributed by atoms with Crippen LogP contribution in [0.3, 0.4) is 0 Å². The van der Waals surface area contributed by atoms with E-state index in [9.17, 15) is 9.59 Å². The molecule has 5 heteroatoms. The monoisotopic (exact) mass is 211 g/mol. The van der Waals surface area contributed by atoms with Gasteiger partial charge in [0.05, 0.1) is 12.2 Å². The van der Waals surface area contributed by atoms with Crippen molar-refractivity contribution in [2.75, 3.05) is 19.6 Å². The number of piperidine rings is 1. The Balaban J connectivity index is 2.54. The maximum atomic E-state index is 11.5. The van der Waals surface area contributed by atoms with Gasteiger partial charge < -0.3 is 16.4 Å². The van der Waals surface area contributed by atoms with Crippen LogP contribution in [0.25, 0.3) is 0 Å². The van der Waals surface area contributed by atoms with Crippen LogP contribution in [0, 0.1) is 0 Å². The number of Topliss-reactive ketones (excluding diaryl/α,β-unsaturated/α-hetero) is 2. The number of hydrogen-bond donors (Lipinski definition) is 2. The number of rotatable bonds is 4. The highest BCUT2D eigenvalue weighted by molar-refractivity contribution is 6.43. The van der Waals surface area contributed by atoms with Gasteiger partial charge in [0.15, 0.2) is 0 Å². The van der Waals surface area contributed by atoms with Crippen molar-refractivity contribution in [1.82, 2.24) is 4.90 Å². The van der Waals surface area contributed by atoms with Gasteiger partial charge in [0.2, 0.25) is 11.6 Å². The molecule has 15 heavy (non-hydrogen) atoms. The maximum Gasteiger partial charge on any atom is 0.245 e. The topological polar surface area (TPSA) is 89.4 Å². The summed E-state index contributed by atoms with van der Waals surface area (Å²) in [5, 5.41) is 0. The van der Waals surface area contributed by atoms with Crippen LogP contribution in [-0.4, -0.2) is 42.1 Å². The Morgan fingerprint density at radius 2 is 1.87 bits per heavy atom. The predicted molar refractivity (Wildman–Crippen MR) is 57.0 cm³/mol. The zero-order chi connectivity index (χ0) is 11.4. The average Bonchev–Trinajstić information content (AvgIpc) is 2.27. The molecular weight excluding hydrogens is 194 g/mol. The van der Waals surface area contributed by atoms with E-state index in [1.54, 1.807) is 4.90 Å². The molecule has 1 saturated heterocycles. The normalized spacial score (nSPS) is 17.6. The third kappa shape index (κ3) is 2.87. The molecule has 0 aromatic rings. The molecule has 0 unspecified atom stereocenters. The van der Waals surface area contributed by atoms with Gasteiger partial charge in [-0.15, -0.1) is 0 Å². The minimum absolute atomic E-state index is 0.189. The van der Waals surface area contributed by atoms with E-state index < -0.39 is 11.6 Å². The van der Waals surface area contributed by atoms with E-state index in [0.717, 1.165) is 12.8 Å². The number of allylic oxidation sites excluding steroid dienone is 1. The van der Waals surface area contributed by atoms with Crippen LogP contribution in [0.2, 0.25) is 0 Å². The number of nitrogens with two attached hydrogens (primary N) is 2. The molecule has 0 atom stereocenters. The molecule has 0 aromatic heterocycles. The third-order valence-corrected chi connectivity index (χ3v) is 2.62. The molecule has 0 amide bonds. The summed E-state index contributed by atoms with van der Waals surface area (Å²) in [5.74, 6) is -1.16. The lowest BCUT2D eigenvalue weighted by molar-refractivity contribution is -0.134. The highest BCUT2D eigenvalue weighted by Crippen LogP contribution is 2.13. The van der Waals surface area contributed by atoms with Crippen molar-refractivity contribution >= 4 is 11.6 Å². The van der Waals surface area contributed by atoms with E-state index in [1.807, 2.05) is 0 Å². The Hall–Kier alpha value is -1.20. The van der Waals surface area contributed by atoms with Gasteiger partial charge in [0, 0.05) is 19.1 Å². The number of nitrogens with zero attached hydrogens (tertiary/aromatic N) is 1. The fourth-order valence-corrected chi connectivity index (χ4v) is 1.57. The van der Waals surface area contributed by atoms with Crippen LogP contribution in [0.15, 0.2) is 12.3 Å². The minimum Gasteiger partial charge on any atom is -0.369 e. The summed E-state index contributed by atoms with van der Waals surface area (Å²) in [4.78, 5) is 24.3. The van der Waals surface area contributed by atoms with Crippen LogP contribution in [0.1, 0.15) is 12.8 Å². The summed E-state index contributed by atoms with van der Waals surface area (Å²) >= 11 is 0. The number of carbonyl (C=O) groups is 2.